The number of carbonyl (C=O) groups excluding carboxylic acids is 1. The molecule has 0 aliphatic rings. The monoisotopic (exact) mass is 276 g/mol. The summed E-state index contributed by atoms with van der Waals surface area (Å²) in [5.74, 6) is 0.642. The zero-order valence-corrected chi connectivity index (χ0v) is 11.5. The van der Waals surface area contributed by atoms with E-state index in [1.165, 1.54) is 14.2 Å². The second-order valence-corrected chi connectivity index (χ2v) is 4.17. The van der Waals surface area contributed by atoms with Crippen molar-refractivity contribution < 1.29 is 14.3 Å². The van der Waals surface area contributed by atoms with Gasteiger partial charge in [0.2, 0.25) is 0 Å². The lowest BCUT2D eigenvalue weighted by Gasteiger charge is -2.12. The Bertz CT molecular complexity index is 637. The molecular weight excluding hydrogens is 260 g/mol. The van der Waals surface area contributed by atoms with Gasteiger partial charge in [0, 0.05) is 25.4 Å². The fourth-order valence-electron chi connectivity index (χ4n) is 1.72. The number of hydrogen-bond acceptors (Lipinski definition) is 5. The highest BCUT2D eigenvalue weighted by atomic mass is 16.5. The third-order valence-electron chi connectivity index (χ3n) is 2.74. The summed E-state index contributed by atoms with van der Waals surface area (Å²) >= 11 is 0. The van der Waals surface area contributed by atoms with Crippen molar-refractivity contribution in [2.45, 2.75) is 0 Å². The van der Waals surface area contributed by atoms with Crippen LogP contribution in [0.15, 0.2) is 24.7 Å². The average molecular weight is 276 g/mol. The van der Waals surface area contributed by atoms with Crippen LogP contribution in [0.4, 0.5) is 11.4 Å². The van der Waals surface area contributed by atoms with Crippen LogP contribution in [0.1, 0.15) is 10.5 Å². The first-order valence-corrected chi connectivity index (χ1v) is 5.86. The van der Waals surface area contributed by atoms with Crippen LogP contribution in [0.3, 0.4) is 0 Å². The summed E-state index contributed by atoms with van der Waals surface area (Å²) in [7, 11) is 4.82. The van der Waals surface area contributed by atoms with Gasteiger partial charge in [-0.3, -0.25) is 4.79 Å². The largest absolute Gasteiger partial charge is 0.493 e. The van der Waals surface area contributed by atoms with Crippen molar-refractivity contribution in [2.24, 2.45) is 7.05 Å². The van der Waals surface area contributed by atoms with E-state index in [9.17, 15) is 4.79 Å². The smallest absolute Gasteiger partial charge is 0.275 e. The third kappa shape index (κ3) is 2.66. The van der Waals surface area contributed by atoms with E-state index >= 15 is 0 Å². The van der Waals surface area contributed by atoms with E-state index < -0.39 is 0 Å². The van der Waals surface area contributed by atoms with Gasteiger partial charge in [-0.25, -0.2) is 4.98 Å². The molecule has 2 rings (SSSR count). The number of nitrogen functional groups attached to an aromatic ring is 1. The molecule has 0 radical (unpaired) electrons. The lowest BCUT2D eigenvalue weighted by atomic mass is 10.2. The van der Waals surface area contributed by atoms with Crippen LogP contribution in [0.2, 0.25) is 0 Å². The second kappa shape index (κ2) is 5.52. The summed E-state index contributed by atoms with van der Waals surface area (Å²) < 4.78 is 12.0. The molecule has 20 heavy (non-hydrogen) atoms. The number of aromatic nitrogens is 2. The van der Waals surface area contributed by atoms with Gasteiger partial charge >= 0.3 is 0 Å². The van der Waals surface area contributed by atoms with Crippen molar-refractivity contribution in [3.05, 3.63) is 30.4 Å². The molecule has 7 heteroatoms. The molecule has 0 spiro atoms. The van der Waals surface area contributed by atoms with Gasteiger partial charge in [0.05, 0.1) is 31.9 Å². The number of carbonyl (C=O) groups is 1. The van der Waals surface area contributed by atoms with Gasteiger partial charge in [0.15, 0.2) is 11.5 Å². The topological polar surface area (TPSA) is 91.4 Å². The molecule has 0 saturated carbocycles. The van der Waals surface area contributed by atoms with Crippen molar-refractivity contribution >= 4 is 17.3 Å². The predicted molar refractivity (Wildman–Crippen MR) is 75.1 cm³/mol. The van der Waals surface area contributed by atoms with Crippen LogP contribution in [0, 0.1) is 0 Å². The van der Waals surface area contributed by atoms with Crippen LogP contribution in [0.25, 0.3) is 0 Å². The molecule has 0 aliphatic carbocycles. The molecule has 0 aliphatic heterocycles. The third-order valence-corrected chi connectivity index (χ3v) is 2.74. The molecule has 7 nitrogen and oxygen atoms in total. The van der Waals surface area contributed by atoms with E-state index in [2.05, 4.69) is 10.3 Å². The Morgan fingerprint density at radius 2 is 1.95 bits per heavy atom. The van der Waals surface area contributed by atoms with E-state index in [1.807, 2.05) is 0 Å². The number of amides is 1. The van der Waals surface area contributed by atoms with Crippen LogP contribution >= 0.6 is 0 Å². The minimum absolute atomic E-state index is 0.307. The van der Waals surface area contributed by atoms with Gasteiger partial charge in [-0.15, -0.1) is 0 Å². The number of imidazole rings is 1. The Morgan fingerprint density at radius 3 is 2.50 bits per heavy atom. The highest BCUT2D eigenvalue weighted by molar-refractivity contribution is 6.04. The first-order valence-electron chi connectivity index (χ1n) is 5.86. The fraction of sp³-hybridized carbons (Fsp3) is 0.231. The minimum Gasteiger partial charge on any atom is -0.493 e. The molecular formula is C13H16N4O3. The molecule has 0 fully saturated rings. The number of nitrogens with two attached hydrogens (primary N) is 1. The quantitative estimate of drug-likeness (QED) is 0.821. The molecule has 1 aromatic heterocycles. The van der Waals surface area contributed by atoms with E-state index in [-0.39, 0.29) is 5.91 Å². The van der Waals surface area contributed by atoms with Crippen LogP contribution in [-0.4, -0.2) is 29.7 Å². The lowest BCUT2D eigenvalue weighted by molar-refractivity contribution is 0.102. The Labute approximate surface area is 116 Å². The summed E-state index contributed by atoms with van der Waals surface area (Å²) in [6.07, 6.45) is 3.17. The number of ether oxygens (including phenoxy) is 2. The minimum atomic E-state index is -0.343. The maximum atomic E-state index is 12.0. The van der Waals surface area contributed by atoms with Crippen LogP contribution in [-0.2, 0) is 7.05 Å². The summed E-state index contributed by atoms with van der Waals surface area (Å²) in [5, 5.41) is 2.69. The first-order chi connectivity index (χ1) is 9.55. The zero-order chi connectivity index (χ0) is 14.7. The zero-order valence-electron chi connectivity index (χ0n) is 11.5. The summed E-state index contributed by atoms with van der Waals surface area (Å²) in [6, 6.07) is 3.20. The van der Waals surface area contributed by atoms with Gasteiger partial charge in [0.25, 0.3) is 5.91 Å². The lowest BCUT2D eigenvalue weighted by Crippen LogP contribution is -2.14. The number of nitrogens with one attached hydrogen (secondary N) is 1. The Kier molecular flexibility index (Phi) is 3.79. The SMILES string of the molecule is COc1cc(N)c(NC(=O)c2cn(C)cn2)cc1OC. The Morgan fingerprint density at radius 1 is 1.30 bits per heavy atom. The van der Waals surface area contributed by atoms with Crippen LogP contribution < -0.4 is 20.5 Å². The van der Waals surface area contributed by atoms with Gasteiger partial charge in [-0.2, -0.15) is 0 Å². The van der Waals surface area contributed by atoms with E-state index in [0.29, 0.717) is 28.6 Å². The van der Waals surface area contributed by atoms with Gasteiger partial charge in [-0.05, 0) is 0 Å². The Balaban J connectivity index is 2.27. The second-order valence-electron chi connectivity index (χ2n) is 4.17. The van der Waals surface area contributed by atoms with E-state index in [1.54, 1.807) is 36.3 Å². The van der Waals surface area contributed by atoms with Gasteiger partial charge in [-0.1, -0.05) is 0 Å². The molecule has 0 bridgehead atoms. The standard InChI is InChI=1S/C13H16N4O3/c1-17-6-10(15-7-17)13(18)16-9-5-12(20-3)11(19-2)4-8(9)14/h4-7H,14H2,1-3H3,(H,16,18). The summed E-state index contributed by atoms with van der Waals surface area (Å²) in [4.78, 5) is 16.0. The highest BCUT2D eigenvalue weighted by Gasteiger charge is 2.14. The maximum absolute atomic E-state index is 12.0. The molecule has 1 amide bonds. The Hall–Kier alpha value is -2.70. The number of methoxy groups -OCH3 is 2. The van der Waals surface area contributed by atoms with Crippen molar-refractivity contribution in [1.29, 1.82) is 0 Å². The summed E-state index contributed by atoms with van der Waals surface area (Å²) in [5.41, 5.74) is 7.01. The number of aryl methyl sites for hydroxylation is 1. The first kappa shape index (κ1) is 13.7. The number of hydrogen-bond donors (Lipinski definition) is 2. The molecule has 1 heterocycles. The normalized spacial score (nSPS) is 10.2. The number of anilines is 2. The average Bonchev–Trinajstić information content (AvgIpc) is 2.87. The molecule has 0 atom stereocenters. The van der Waals surface area contributed by atoms with Crippen molar-refractivity contribution in [3.8, 4) is 11.5 Å². The highest BCUT2D eigenvalue weighted by Crippen LogP contribution is 2.34. The molecule has 0 unspecified atom stereocenters. The van der Waals surface area contributed by atoms with Crippen molar-refractivity contribution in [2.75, 3.05) is 25.3 Å². The molecule has 3 N–H and O–H groups in total. The molecule has 2 aromatic rings. The van der Waals surface area contributed by atoms with E-state index in [4.69, 9.17) is 15.2 Å². The maximum Gasteiger partial charge on any atom is 0.275 e. The molecule has 106 valence electrons. The van der Waals surface area contributed by atoms with Gasteiger partial charge < -0.3 is 25.1 Å². The van der Waals surface area contributed by atoms with Crippen molar-refractivity contribution in [1.82, 2.24) is 9.55 Å². The fourth-order valence-corrected chi connectivity index (χ4v) is 1.72. The van der Waals surface area contributed by atoms with Crippen LogP contribution in [0.5, 0.6) is 11.5 Å². The number of rotatable bonds is 4. The molecule has 0 saturated heterocycles. The summed E-state index contributed by atoms with van der Waals surface area (Å²) in [6.45, 7) is 0. The van der Waals surface area contributed by atoms with Crippen molar-refractivity contribution in [3.63, 3.8) is 0 Å². The van der Waals surface area contributed by atoms with Gasteiger partial charge in [0.1, 0.15) is 5.69 Å². The molecule has 1 aromatic carbocycles. The van der Waals surface area contributed by atoms with E-state index in [0.717, 1.165) is 0 Å². The number of benzene rings is 1. The number of nitrogens with zero attached hydrogens (tertiary/aromatic N) is 2. The predicted octanol–water partition coefficient (Wildman–Crippen LogP) is 1.27.